The third-order valence-corrected chi connectivity index (χ3v) is 4.97. The van der Waals surface area contributed by atoms with Gasteiger partial charge in [0.25, 0.3) is 0 Å². The predicted octanol–water partition coefficient (Wildman–Crippen LogP) is 2.03. The molecule has 0 atom stereocenters. The monoisotopic (exact) mass is 322 g/mol. The Hall–Kier alpha value is -2.78. The normalized spacial score (nSPS) is 19.2. The number of hydrogen-bond acceptors (Lipinski definition) is 4. The molecule has 2 aliphatic rings. The fourth-order valence-electron chi connectivity index (χ4n) is 3.54. The molecule has 0 saturated carbocycles. The summed E-state index contributed by atoms with van der Waals surface area (Å²) in [7, 11) is 1.85. The highest BCUT2D eigenvalue weighted by atomic mass is 16.3. The third kappa shape index (κ3) is 2.25. The van der Waals surface area contributed by atoms with Crippen molar-refractivity contribution in [3.05, 3.63) is 47.7 Å². The molecule has 2 aliphatic heterocycles. The van der Waals surface area contributed by atoms with E-state index in [1.165, 1.54) is 0 Å². The Kier molecular flexibility index (Phi) is 3.32. The Morgan fingerprint density at radius 1 is 1.29 bits per heavy atom. The van der Waals surface area contributed by atoms with Crippen molar-refractivity contribution in [3.63, 3.8) is 0 Å². The highest BCUT2D eigenvalue weighted by molar-refractivity contribution is 5.78. The molecule has 122 valence electrons. The van der Waals surface area contributed by atoms with Crippen LogP contribution in [0.5, 0.6) is 0 Å². The second-order valence-corrected chi connectivity index (χ2v) is 6.51. The van der Waals surface area contributed by atoms with Gasteiger partial charge >= 0.3 is 6.03 Å². The van der Waals surface area contributed by atoms with E-state index in [4.69, 9.17) is 4.42 Å². The number of amides is 2. The van der Waals surface area contributed by atoms with Crippen LogP contribution in [-0.4, -0.2) is 48.1 Å². The van der Waals surface area contributed by atoms with Crippen molar-refractivity contribution >= 4 is 6.03 Å². The number of nitriles is 1. The average Bonchev–Trinajstić information content (AvgIpc) is 3.14. The van der Waals surface area contributed by atoms with E-state index in [0.717, 1.165) is 24.4 Å². The first-order valence-electron chi connectivity index (χ1n) is 7.93. The summed E-state index contributed by atoms with van der Waals surface area (Å²) in [5, 5.41) is 12.1. The fraction of sp³-hybridized carbons (Fsp3) is 0.333. The number of rotatable bonds is 3. The van der Waals surface area contributed by atoms with Gasteiger partial charge in [-0.1, -0.05) is 12.1 Å². The highest BCUT2D eigenvalue weighted by Crippen LogP contribution is 2.32. The van der Waals surface area contributed by atoms with Gasteiger partial charge in [0.15, 0.2) is 0 Å². The first-order valence-corrected chi connectivity index (χ1v) is 7.93. The second kappa shape index (κ2) is 5.39. The predicted molar refractivity (Wildman–Crippen MR) is 88.0 cm³/mol. The zero-order valence-electron chi connectivity index (χ0n) is 13.5. The number of likely N-dealkylation sites (tertiary alicyclic amines) is 1. The summed E-state index contributed by atoms with van der Waals surface area (Å²) < 4.78 is 5.93. The van der Waals surface area contributed by atoms with E-state index in [-0.39, 0.29) is 11.6 Å². The summed E-state index contributed by atoms with van der Waals surface area (Å²) in [5.41, 5.74) is 1.36. The number of hydrogen-bond donors (Lipinski definition) is 1. The summed E-state index contributed by atoms with van der Waals surface area (Å²) in [6, 6.07) is 13.5. The Labute approximate surface area is 140 Å². The van der Waals surface area contributed by atoms with E-state index in [2.05, 4.69) is 16.3 Å². The van der Waals surface area contributed by atoms with Gasteiger partial charge in [0, 0.05) is 32.2 Å². The summed E-state index contributed by atoms with van der Waals surface area (Å²) in [6.45, 7) is 3.09. The van der Waals surface area contributed by atoms with Gasteiger partial charge in [-0.2, -0.15) is 5.26 Å². The van der Waals surface area contributed by atoms with E-state index >= 15 is 0 Å². The zero-order valence-corrected chi connectivity index (χ0v) is 13.5. The molecule has 1 N–H and O–H groups in total. The molecule has 1 aromatic carbocycles. The molecule has 1 aromatic heterocycles. The lowest BCUT2D eigenvalue weighted by molar-refractivity contribution is -0.00469. The van der Waals surface area contributed by atoms with Gasteiger partial charge < -0.3 is 14.6 Å². The van der Waals surface area contributed by atoms with Crippen molar-refractivity contribution in [2.75, 3.05) is 26.7 Å². The van der Waals surface area contributed by atoms with Gasteiger partial charge in [0.05, 0.1) is 23.7 Å². The van der Waals surface area contributed by atoms with Crippen LogP contribution in [0.25, 0.3) is 11.3 Å². The van der Waals surface area contributed by atoms with Crippen molar-refractivity contribution in [1.82, 2.24) is 15.1 Å². The van der Waals surface area contributed by atoms with Crippen molar-refractivity contribution < 1.29 is 9.21 Å². The van der Waals surface area contributed by atoms with Crippen LogP contribution in [-0.2, 0) is 6.54 Å². The lowest BCUT2D eigenvalue weighted by atomic mass is 9.89. The van der Waals surface area contributed by atoms with Gasteiger partial charge in [0.1, 0.15) is 11.5 Å². The van der Waals surface area contributed by atoms with Crippen molar-refractivity contribution in [2.24, 2.45) is 0 Å². The second-order valence-electron chi connectivity index (χ2n) is 6.51. The Morgan fingerprint density at radius 3 is 2.79 bits per heavy atom. The molecule has 0 unspecified atom stereocenters. The molecule has 24 heavy (non-hydrogen) atoms. The molecule has 1 spiro atoms. The quantitative estimate of drug-likeness (QED) is 0.938. The van der Waals surface area contributed by atoms with E-state index in [1.807, 2.05) is 37.4 Å². The highest BCUT2D eigenvalue weighted by Gasteiger charge is 2.51. The Morgan fingerprint density at radius 2 is 2.08 bits per heavy atom. The van der Waals surface area contributed by atoms with Gasteiger partial charge in [0.2, 0.25) is 0 Å². The van der Waals surface area contributed by atoms with E-state index in [0.29, 0.717) is 24.4 Å². The van der Waals surface area contributed by atoms with Crippen LogP contribution in [0, 0.1) is 11.3 Å². The first kappa shape index (κ1) is 14.8. The summed E-state index contributed by atoms with van der Waals surface area (Å²) in [5.74, 6) is 1.58. The molecular formula is C18H18N4O2. The van der Waals surface area contributed by atoms with Crippen LogP contribution in [0.15, 0.2) is 40.8 Å². The molecule has 2 aromatic rings. The molecule has 2 amide bonds. The fourth-order valence-corrected chi connectivity index (χ4v) is 3.54. The number of urea groups is 1. The molecule has 0 bridgehead atoms. The van der Waals surface area contributed by atoms with Crippen molar-refractivity contribution in [1.29, 1.82) is 5.26 Å². The van der Waals surface area contributed by atoms with E-state index in [1.54, 1.807) is 11.0 Å². The standard InChI is InChI=1S/C18H18N4O2/c1-21-17(23)20-10-18(21)11-22(12-18)9-14-6-7-16(24-14)15-5-3-2-4-13(15)8-19/h2-7H,9-12H2,1H3,(H,20,23). The number of nitrogens with zero attached hydrogens (tertiary/aromatic N) is 3. The van der Waals surface area contributed by atoms with Crippen molar-refractivity contribution in [3.8, 4) is 17.4 Å². The summed E-state index contributed by atoms with van der Waals surface area (Å²) >= 11 is 0. The minimum Gasteiger partial charge on any atom is -0.460 e. The van der Waals surface area contributed by atoms with Gasteiger partial charge in [-0.15, -0.1) is 0 Å². The number of nitrogens with one attached hydrogen (secondary N) is 1. The zero-order chi connectivity index (χ0) is 16.7. The molecule has 2 saturated heterocycles. The maximum atomic E-state index is 11.6. The molecule has 0 aliphatic carbocycles. The van der Waals surface area contributed by atoms with E-state index in [9.17, 15) is 10.1 Å². The van der Waals surface area contributed by atoms with Crippen LogP contribution >= 0.6 is 0 Å². The topological polar surface area (TPSA) is 72.5 Å². The van der Waals surface area contributed by atoms with Crippen LogP contribution in [0.4, 0.5) is 4.79 Å². The molecule has 2 fully saturated rings. The molecule has 6 nitrogen and oxygen atoms in total. The van der Waals surface area contributed by atoms with Crippen LogP contribution in [0.2, 0.25) is 0 Å². The Balaban J connectivity index is 1.44. The van der Waals surface area contributed by atoms with Crippen molar-refractivity contribution in [2.45, 2.75) is 12.1 Å². The maximum Gasteiger partial charge on any atom is 0.317 e. The maximum absolute atomic E-state index is 11.6. The Bertz CT molecular complexity index is 830. The van der Waals surface area contributed by atoms with Gasteiger partial charge in [-0.25, -0.2) is 4.79 Å². The van der Waals surface area contributed by atoms with Crippen LogP contribution in [0.1, 0.15) is 11.3 Å². The average molecular weight is 322 g/mol. The molecule has 3 heterocycles. The minimum atomic E-state index is -0.0695. The van der Waals surface area contributed by atoms with Gasteiger partial charge in [-0.05, 0) is 24.3 Å². The summed E-state index contributed by atoms with van der Waals surface area (Å²) in [4.78, 5) is 15.7. The number of carbonyl (C=O) groups is 1. The lowest BCUT2D eigenvalue weighted by Gasteiger charge is -2.50. The molecule has 6 heteroatoms. The molecule has 0 radical (unpaired) electrons. The third-order valence-electron chi connectivity index (χ3n) is 4.97. The molecule has 4 rings (SSSR count). The van der Waals surface area contributed by atoms with Crippen LogP contribution in [0.3, 0.4) is 0 Å². The van der Waals surface area contributed by atoms with E-state index < -0.39 is 0 Å². The largest absolute Gasteiger partial charge is 0.460 e. The number of furan rings is 1. The van der Waals surface area contributed by atoms with Crippen LogP contribution < -0.4 is 5.32 Å². The minimum absolute atomic E-state index is 0.00282. The number of carbonyl (C=O) groups excluding carboxylic acids is 1. The lowest BCUT2D eigenvalue weighted by Crippen LogP contribution is -2.68. The molecular weight excluding hydrogens is 304 g/mol. The first-order chi connectivity index (χ1) is 11.6. The number of likely N-dealkylation sites (N-methyl/N-ethyl adjacent to an activating group) is 1. The van der Waals surface area contributed by atoms with Gasteiger partial charge in [-0.3, -0.25) is 4.90 Å². The number of benzene rings is 1. The summed E-state index contributed by atoms with van der Waals surface area (Å²) in [6.07, 6.45) is 0. The SMILES string of the molecule is CN1C(=O)NCC12CN(Cc1ccc(-c3ccccc3C#N)o1)C2. The smallest absolute Gasteiger partial charge is 0.317 e.